The SMILES string of the molecule is C1CCC2=NCCCN2CC1.FC(F)(F)c1cc[c]([Bi]([Cl])([Cl])[c]2ccc(C(F)(F)F)cc2)cc1. The first-order valence-corrected chi connectivity index (χ1v) is 22.8. The standard InChI is InChI=1S/C9H16N2.2C7H4F3.Bi.2ClH/c1-2-5-9-10-6-4-8-11(9)7-3-1;2*8-7(9,10)6-4-2-1-3-5-6;;;/h1-8H2;2*2-5H;;2*1H/q;;;+2;;/p-2. The molecule has 0 N–H and O–H groups in total. The molecule has 2 heterocycles. The Morgan fingerprint density at radius 3 is 1.62 bits per heavy atom. The fourth-order valence-corrected chi connectivity index (χ4v) is 12.9. The summed E-state index contributed by atoms with van der Waals surface area (Å²) in [5, 5.41) is 0. The van der Waals surface area contributed by atoms with Gasteiger partial charge in [0.2, 0.25) is 0 Å². The van der Waals surface area contributed by atoms with Crippen LogP contribution in [0.4, 0.5) is 26.3 Å². The fourth-order valence-electron chi connectivity index (χ4n) is 3.76. The summed E-state index contributed by atoms with van der Waals surface area (Å²) < 4.78 is 75.9. The van der Waals surface area contributed by atoms with Crippen molar-refractivity contribution in [2.24, 2.45) is 4.99 Å². The number of rotatable bonds is 2. The van der Waals surface area contributed by atoms with Crippen molar-refractivity contribution in [1.29, 1.82) is 0 Å². The maximum atomic E-state index is 12.5. The van der Waals surface area contributed by atoms with Crippen molar-refractivity contribution in [2.45, 2.75) is 44.5 Å². The van der Waals surface area contributed by atoms with Crippen LogP contribution >= 0.6 is 17.0 Å². The van der Waals surface area contributed by atoms with Crippen molar-refractivity contribution in [2.75, 3.05) is 19.6 Å². The first kappa shape index (κ1) is 27.5. The first-order chi connectivity index (χ1) is 15.9. The predicted molar refractivity (Wildman–Crippen MR) is 127 cm³/mol. The molecule has 1 fully saturated rings. The predicted octanol–water partition coefficient (Wildman–Crippen LogP) is 6.42. The van der Waals surface area contributed by atoms with E-state index in [0.717, 1.165) is 30.8 Å². The molecule has 2 nitrogen and oxygen atoms in total. The Bertz CT molecular complexity index is 913. The fraction of sp³-hybridized carbons (Fsp3) is 0.435. The Kier molecular flexibility index (Phi) is 9.19. The number of halogens is 8. The average molecular weight is 722 g/mol. The van der Waals surface area contributed by atoms with Crippen molar-refractivity contribution in [3.63, 3.8) is 0 Å². The van der Waals surface area contributed by atoms with Gasteiger partial charge in [0, 0.05) is 26.1 Å². The zero-order chi connectivity index (χ0) is 25.0. The van der Waals surface area contributed by atoms with Gasteiger partial charge in [0.1, 0.15) is 0 Å². The van der Waals surface area contributed by atoms with Crippen LogP contribution in [0.1, 0.15) is 43.2 Å². The zero-order valence-electron chi connectivity index (χ0n) is 18.1. The molecular formula is C23H24BiCl2F6N2. The Morgan fingerprint density at radius 2 is 1.15 bits per heavy atom. The van der Waals surface area contributed by atoms with Crippen molar-refractivity contribution >= 4 is 47.3 Å². The molecule has 0 unspecified atom stereocenters. The molecule has 1 saturated heterocycles. The third kappa shape index (κ3) is 7.24. The van der Waals surface area contributed by atoms with Crippen LogP contribution in [0.3, 0.4) is 0 Å². The monoisotopic (exact) mass is 721 g/mol. The topological polar surface area (TPSA) is 15.6 Å². The van der Waals surface area contributed by atoms with Gasteiger partial charge in [-0.1, -0.05) is 6.42 Å². The van der Waals surface area contributed by atoms with E-state index in [1.165, 1.54) is 75.3 Å². The van der Waals surface area contributed by atoms with Crippen molar-refractivity contribution < 1.29 is 26.3 Å². The van der Waals surface area contributed by atoms with Crippen LogP contribution in [-0.2, 0) is 12.4 Å². The van der Waals surface area contributed by atoms with E-state index in [1.54, 1.807) is 0 Å². The van der Waals surface area contributed by atoms with E-state index in [4.69, 9.17) is 17.0 Å². The molecule has 0 amide bonds. The van der Waals surface area contributed by atoms with Crippen LogP contribution in [0, 0.1) is 0 Å². The van der Waals surface area contributed by atoms with E-state index in [0.29, 0.717) is 6.54 Å². The van der Waals surface area contributed by atoms with Crippen LogP contribution in [0.2, 0.25) is 0 Å². The van der Waals surface area contributed by atoms with Gasteiger partial charge in [-0.05, 0) is 19.3 Å². The number of fused-ring (bicyclic) bond motifs is 1. The summed E-state index contributed by atoms with van der Waals surface area (Å²) in [5.74, 6) is 1.40. The molecule has 2 aromatic carbocycles. The molecule has 2 aromatic rings. The maximum absolute atomic E-state index is 12.5. The summed E-state index contributed by atoms with van der Waals surface area (Å²) in [4.78, 5) is 7.04. The number of benzene rings is 2. The van der Waals surface area contributed by atoms with Crippen LogP contribution in [0.5, 0.6) is 0 Å². The van der Waals surface area contributed by atoms with Gasteiger partial charge in [-0.2, -0.15) is 0 Å². The number of alkyl halides is 6. The molecule has 0 saturated carbocycles. The van der Waals surface area contributed by atoms with Gasteiger partial charge < -0.3 is 4.90 Å². The molecule has 4 rings (SSSR count). The van der Waals surface area contributed by atoms with Gasteiger partial charge >= 0.3 is 140 Å². The second-order valence-corrected chi connectivity index (χ2v) is 26.5. The minimum atomic E-state index is -4.48. The molecule has 1 radical (unpaired) electrons. The molecule has 0 atom stereocenters. The van der Waals surface area contributed by atoms with Crippen molar-refractivity contribution in [3.05, 3.63) is 59.7 Å². The second kappa shape index (κ2) is 11.3. The molecule has 34 heavy (non-hydrogen) atoms. The Balaban J connectivity index is 0.000000243. The number of amidine groups is 1. The molecular weight excluding hydrogens is 698 g/mol. The van der Waals surface area contributed by atoms with Gasteiger partial charge in [0.25, 0.3) is 0 Å². The summed E-state index contributed by atoms with van der Waals surface area (Å²) in [6.07, 6.45) is -2.33. The molecule has 0 aliphatic carbocycles. The second-order valence-electron chi connectivity index (χ2n) is 8.05. The Morgan fingerprint density at radius 1 is 0.676 bits per heavy atom. The quantitative estimate of drug-likeness (QED) is 0.258. The normalized spacial score (nSPS) is 17.2. The first-order valence-electron chi connectivity index (χ1n) is 10.8. The summed E-state index contributed by atoms with van der Waals surface area (Å²) in [7, 11) is 12.7. The van der Waals surface area contributed by atoms with Gasteiger partial charge in [0.05, 0.1) is 5.84 Å². The van der Waals surface area contributed by atoms with Gasteiger partial charge in [-0.25, -0.2) is 0 Å². The van der Waals surface area contributed by atoms with Crippen LogP contribution < -0.4 is 6.54 Å². The Hall–Kier alpha value is -1.05. The molecule has 187 valence electrons. The number of hydrogen-bond donors (Lipinski definition) is 0. The molecule has 0 aromatic heterocycles. The van der Waals surface area contributed by atoms with Gasteiger partial charge in [-0.3, -0.25) is 4.99 Å². The van der Waals surface area contributed by atoms with E-state index in [-0.39, 0.29) is 0 Å². The molecule has 0 spiro atoms. The third-order valence-corrected chi connectivity index (χ3v) is 19.8. The summed E-state index contributed by atoms with van der Waals surface area (Å²) in [5.41, 5.74) is -1.69. The van der Waals surface area contributed by atoms with Crippen LogP contribution in [0.25, 0.3) is 0 Å². The van der Waals surface area contributed by atoms with Crippen LogP contribution in [0.15, 0.2) is 53.5 Å². The Labute approximate surface area is 206 Å². The number of aliphatic imine (C=N–C) groups is 1. The van der Waals surface area contributed by atoms with Gasteiger partial charge in [0.15, 0.2) is 0 Å². The zero-order valence-corrected chi connectivity index (χ0v) is 23.1. The molecule has 2 aliphatic rings. The van der Waals surface area contributed by atoms with E-state index in [1.807, 2.05) is 0 Å². The van der Waals surface area contributed by atoms with Crippen LogP contribution in [-0.4, -0.2) is 48.2 Å². The van der Waals surface area contributed by atoms with E-state index >= 15 is 0 Å². The molecule has 11 heteroatoms. The minimum absolute atomic E-state index is 0.334. The number of hydrogen-bond acceptors (Lipinski definition) is 2. The summed E-state index contributed by atoms with van der Waals surface area (Å²) in [6, 6.07) is 8.15. The van der Waals surface area contributed by atoms with Crippen molar-refractivity contribution in [1.82, 2.24) is 4.90 Å². The number of nitrogens with zero attached hydrogens (tertiary/aromatic N) is 2. The van der Waals surface area contributed by atoms with Crippen molar-refractivity contribution in [3.8, 4) is 0 Å². The van der Waals surface area contributed by atoms with E-state index in [9.17, 15) is 26.3 Å². The van der Waals surface area contributed by atoms with Gasteiger partial charge in [-0.15, -0.1) is 0 Å². The van der Waals surface area contributed by atoms with E-state index in [2.05, 4.69) is 9.89 Å². The average Bonchev–Trinajstić information content (AvgIpc) is 3.04. The molecule has 0 bridgehead atoms. The summed E-state index contributed by atoms with van der Waals surface area (Å²) >= 11 is -4.31. The summed E-state index contributed by atoms with van der Waals surface area (Å²) in [6.45, 7) is 3.60. The molecule has 2 aliphatic heterocycles. The van der Waals surface area contributed by atoms with E-state index < -0.39 is 41.4 Å². The third-order valence-electron chi connectivity index (χ3n) is 5.61.